The van der Waals surface area contributed by atoms with Crippen molar-refractivity contribution in [3.05, 3.63) is 0 Å². The molecule has 0 aromatic rings. The van der Waals surface area contributed by atoms with Crippen LogP contribution in [0.1, 0.15) is 23.8 Å². The Morgan fingerprint density at radius 2 is 2.25 bits per heavy atom. The van der Waals surface area contributed by atoms with Crippen LogP contribution >= 0.6 is 0 Å². The lowest BCUT2D eigenvalue weighted by atomic mass is 9.94. The van der Waals surface area contributed by atoms with Gasteiger partial charge in [-0.05, 0) is 26.2 Å². The Morgan fingerprint density at radius 1 is 1.58 bits per heavy atom. The Morgan fingerprint density at radius 3 is 2.58 bits per heavy atom. The average molecular weight is 186 g/mol. The molecule has 2 atom stereocenters. The van der Waals surface area contributed by atoms with E-state index in [1.165, 1.54) is 0 Å². The fraction of sp³-hybridized carbons (Fsp3) is 1.00. The van der Waals surface area contributed by atoms with E-state index in [0.29, 0.717) is 13.0 Å². The lowest BCUT2D eigenvalue weighted by Gasteiger charge is -2.32. The molecule has 1 fully saturated rings. The van der Waals surface area contributed by atoms with Crippen molar-refractivity contribution in [2.45, 2.75) is 37.5 Å². The molecular weight excluding hydrogens is 171 g/mol. The fourth-order valence-corrected chi connectivity index (χ4v) is 1.24. The third-order valence-corrected chi connectivity index (χ3v) is 2.00. The number of rotatable bonds is 1. The minimum Gasteiger partial charge on any atom is -0.379 e. The van der Waals surface area contributed by atoms with Crippen molar-refractivity contribution < 1.29 is 22.4 Å². The molecule has 0 aromatic carbocycles. The van der Waals surface area contributed by atoms with E-state index in [2.05, 4.69) is 5.32 Å². The van der Waals surface area contributed by atoms with Gasteiger partial charge >= 0.3 is 6.18 Å². The molecule has 1 saturated heterocycles. The molecule has 0 amide bonds. The SMILES string of the molecule is [2H]C([2H])([2H])[C@](O)([C@@H]1CCCN1)C(F)(F)F. The molecule has 2 nitrogen and oxygen atoms in total. The maximum absolute atomic E-state index is 12.6. The van der Waals surface area contributed by atoms with Gasteiger partial charge in [0.15, 0.2) is 5.60 Å². The Balaban J connectivity index is 3.06. The first-order valence-electron chi connectivity index (χ1n) is 5.13. The minimum absolute atomic E-state index is 0.00833. The summed E-state index contributed by atoms with van der Waals surface area (Å²) in [4.78, 5) is 0. The zero-order valence-corrected chi connectivity index (χ0v) is 6.28. The average Bonchev–Trinajstić information content (AvgIpc) is 2.49. The van der Waals surface area contributed by atoms with Gasteiger partial charge in [0.05, 0.1) is 0 Å². The number of alkyl halides is 3. The molecule has 1 aliphatic rings. The summed E-state index contributed by atoms with van der Waals surface area (Å²) in [5.74, 6) is 0. The molecule has 2 N–H and O–H groups in total. The third kappa shape index (κ3) is 1.56. The summed E-state index contributed by atoms with van der Waals surface area (Å²) >= 11 is 0. The quantitative estimate of drug-likeness (QED) is 0.641. The molecule has 0 saturated carbocycles. The van der Waals surface area contributed by atoms with Gasteiger partial charge in [-0.25, -0.2) is 0 Å². The normalized spacial score (nSPS) is 35.0. The highest BCUT2D eigenvalue weighted by Gasteiger charge is 2.55. The maximum Gasteiger partial charge on any atom is 0.418 e. The summed E-state index contributed by atoms with van der Waals surface area (Å²) in [5.41, 5.74) is -3.66. The van der Waals surface area contributed by atoms with Gasteiger partial charge in [-0.15, -0.1) is 0 Å². The van der Waals surface area contributed by atoms with Crippen molar-refractivity contribution in [1.29, 1.82) is 0 Å². The second kappa shape index (κ2) is 2.88. The Labute approximate surface area is 73.0 Å². The molecule has 0 spiro atoms. The van der Waals surface area contributed by atoms with Gasteiger partial charge in [0, 0.05) is 10.2 Å². The molecule has 72 valence electrons. The highest BCUT2D eigenvalue weighted by atomic mass is 19.4. The van der Waals surface area contributed by atoms with Gasteiger partial charge < -0.3 is 10.4 Å². The summed E-state index contributed by atoms with van der Waals surface area (Å²) < 4.78 is 58.3. The topological polar surface area (TPSA) is 32.3 Å². The van der Waals surface area contributed by atoms with E-state index >= 15 is 0 Å². The predicted octanol–water partition coefficient (Wildman–Crippen LogP) is 1.05. The highest BCUT2D eigenvalue weighted by molar-refractivity contribution is 4.96. The lowest BCUT2D eigenvalue weighted by Crippen LogP contribution is -2.55. The number of aliphatic hydroxyl groups is 1. The van der Waals surface area contributed by atoms with Crippen LogP contribution in [0.3, 0.4) is 0 Å². The summed E-state index contributed by atoms with van der Waals surface area (Å²) in [6.07, 6.45) is -4.73. The van der Waals surface area contributed by atoms with Gasteiger partial charge in [-0.2, -0.15) is 13.2 Å². The maximum atomic E-state index is 12.6. The molecular formula is C7H12F3NO. The van der Waals surface area contributed by atoms with Gasteiger partial charge in [-0.3, -0.25) is 0 Å². The standard InChI is InChI=1S/C7H12F3NO/c1-6(12,7(8,9)10)5-3-2-4-11-5/h5,11-12H,2-4H2,1H3/t5-,6-/m0/s1/i1D3. The van der Waals surface area contributed by atoms with Gasteiger partial charge in [0.1, 0.15) is 0 Å². The van der Waals surface area contributed by atoms with Crippen LogP contribution in [0.4, 0.5) is 13.2 Å². The molecule has 1 rings (SSSR count). The Bertz CT molecular complexity index is 221. The van der Waals surface area contributed by atoms with Crippen molar-refractivity contribution in [2.24, 2.45) is 0 Å². The van der Waals surface area contributed by atoms with Crippen LogP contribution in [0, 0.1) is 0 Å². The molecule has 5 heteroatoms. The first-order valence-corrected chi connectivity index (χ1v) is 3.63. The van der Waals surface area contributed by atoms with Crippen molar-refractivity contribution in [2.75, 3.05) is 6.54 Å². The first kappa shape index (κ1) is 6.21. The van der Waals surface area contributed by atoms with E-state index in [0.717, 1.165) is 0 Å². The summed E-state index contributed by atoms with van der Waals surface area (Å²) in [6, 6.07) is -1.45. The van der Waals surface area contributed by atoms with E-state index in [1.54, 1.807) is 0 Å². The number of nitrogens with one attached hydrogen (secondary N) is 1. The first-order chi connectivity index (χ1) is 6.61. The van der Waals surface area contributed by atoms with Crippen LogP contribution in [-0.4, -0.2) is 29.5 Å². The van der Waals surface area contributed by atoms with Crippen molar-refractivity contribution in [3.63, 3.8) is 0 Å². The van der Waals surface area contributed by atoms with Crippen molar-refractivity contribution in [1.82, 2.24) is 5.32 Å². The van der Waals surface area contributed by atoms with Crippen molar-refractivity contribution in [3.8, 4) is 0 Å². The van der Waals surface area contributed by atoms with Gasteiger partial charge in [-0.1, -0.05) is 0 Å². The zero-order chi connectivity index (χ0) is 11.9. The second-order valence-corrected chi connectivity index (χ2v) is 2.91. The zero-order valence-electron chi connectivity index (χ0n) is 9.28. The highest BCUT2D eigenvalue weighted by Crippen LogP contribution is 2.35. The van der Waals surface area contributed by atoms with E-state index in [4.69, 9.17) is 4.11 Å². The van der Waals surface area contributed by atoms with E-state index < -0.39 is 24.7 Å². The number of halogens is 3. The molecule has 0 bridgehead atoms. The molecule has 12 heavy (non-hydrogen) atoms. The molecule has 0 aliphatic carbocycles. The summed E-state index contributed by atoms with van der Waals surface area (Å²) in [6.45, 7) is -3.19. The smallest absolute Gasteiger partial charge is 0.379 e. The lowest BCUT2D eigenvalue weighted by molar-refractivity contribution is -0.261. The largest absolute Gasteiger partial charge is 0.418 e. The number of hydrogen-bond acceptors (Lipinski definition) is 2. The monoisotopic (exact) mass is 186 g/mol. The predicted molar refractivity (Wildman–Crippen MR) is 37.7 cm³/mol. The van der Waals surface area contributed by atoms with Crippen LogP contribution in [0.2, 0.25) is 0 Å². The molecule has 0 radical (unpaired) electrons. The van der Waals surface area contributed by atoms with Crippen molar-refractivity contribution >= 4 is 0 Å². The molecule has 1 aliphatic heterocycles. The van der Waals surface area contributed by atoms with Crippen LogP contribution in [0.5, 0.6) is 0 Å². The van der Waals surface area contributed by atoms with E-state index in [1.807, 2.05) is 0 Å². The Kier molecular flexibility index (Phi) is 1.49. The molecule has 0 unspecified atom stereocenters. The number of hydrogen-bond donors (Lipinski definition) is 2. The van der Waals surface area contributed by atoms with Crippen LogP contribution in [0.25, 0.3) is 0 Å². The van der Waals surface area contributed by atoms with Gasteiger partial charge in [0.25, 0.3) is 0 Å². The van der Waals surface area contributed by atoms with E-state index in [-0.39, 0.29) is 6.42 Å². The van der Waals surface area contributed by atoms with Gasteiger partial charge in [0.2, 0.25) is 0 Å². The second-order valence-electron chi connectivity index (χ2n) is 2.91. The fourth-order valence-electron chi connectivity index (χ4n) is 1.24. The van der Waals surface area contributed by atoms with E-state index in [9.17, 15) is 18.3 Å². The van der Waals surface area contributed by atoms with Crippen LogP contribution in [0.15, 0.2) is 0 Å². The molecule has 0 aromatic heterocycles. The molecule has 1 heterocycles. The summed E-state index contributed by atoms with van der Waals surface area (Å²) in [5, 5.41) is 11.8. The van der Waals surface area contributed by atoms with Crippen LogP contribution < -0.4 is 5.32 Å². The Hall–Kier alpha value is -0.290. The summed E-state index contributed by atoms with van der Waals surface area (Å²) in [7, 11) is 0. The minimum atomic E-state index is -5.17. The van der Waals surface area contributed by atoms with Crippen LogP contribution in [-0.2, 0) is 0 Å². The third-order valence-electron chi connectivity index (χ3n) is 2.00.